The van der Waals surface area contributed by atoms with Crippen LogP contribution in [0.1, 0.15) is 0 Å². The number of nitrogens with one attached hydrogen (secondary N) is 1. The summed E-state index contributed by atoms with van der Waals surface area (Å²) >= 11 is 0.542. The third-order valence-corrected chi connectivity index (χ3v) is 2.57. The molecule has 1 aromatic heterocycles. The summed E-state index contributed by atoms with van der Waals surface area (Å²) in [5.41, 5.74) is 1.69. The molecule has 0 saturated heterocycles. The van der Waals surface area contributed by atoms with E-state index in [-0.39, 0.29) is 0 Å². The molecule has 2 nitrogen and oxygen atoms in total. The number of nitrogens with zero attached hydrogens (tertiary/aromatic N) is 1. The number of hydrogen-bond donors (Lipinski definition) is 1. The van der Waals surface area contributed by atoms with Crippen LogP contribution in [0.4, 0.5) is 8.78 Å². The number of imidazole rings is 1. The van der Waals surface area contributed by atoms with Gasteiger partial charge in [0.05, 0.1) is 18.2 Å². The fourth-order valence-corrected chi connectivity index (χ4v) is 1.81. The van der Waals surface area contributed by atoms with E-state index in [2.05, 4.69) is 9.97 Å². The number of hydrogen-bond acceptors (Lipinski definition) is 2. The maximum absolute atomic E-state index is 12.1. The zero-order valence-corrected chi connectivity index (χ0v) is 8.47. The van der Waals surface area contributed by atoms with Crippen molar-refractivity contribution in [2.45, 2.75) is 10.7 Å². The standard InChI is InChI=1S/C10H8F2N2S/c11-10(12)15-8-3-1-2-7(4-8)9-5-13-6-14-9/h1-6,10H,(H,13,14). The molecule has 1 heterocycles. The van der Waals surface area contributed by atoms with Crippen LogP contribution in [0, 0.1) is 0 Å². The topological polar surface area (TPSA) is 28.7 Å². The Bertz CT molecular complexity index is 429. The zero-order chi connectivity index (χ0) is 10.7. The van der Waals surface area contributed by atoms with E-state index in [1.165, 1.54) is 0 Å². The summed E-state index contributed by atoms with van der Waals surface area (Å²) in [4.78, 5) is 7.36. The van der Waals surface area contributed by atoms with Gasteiger partial charge in [-0.05, 0) is 12.1 Å². The molecule has 0 aliphatic heterocycles. The summed E-state index contributed by atoms with van der Waals surface area (Å²) in [6, 6.07) is 6.98. The number of rotatable bonds is 3. The lowest BCUT2D eigenvalue weighted by molar-refractivity contribution is 0.252. The highest BCUT2D eigenvalue weighted by atomic mass is 32.2. The van der Waals surface area contributed by atoms with Crippen molar-refractivity contribution in [3.63, 3.8) is 0 Å². The van der Waals surface area contributed by atoms with Crippen LogP contribution in [0.15, 0.2) is 41.7 Å². The number of thioether (sulfide) groups is 1. The van der Waals surface area contributed by atoms with Gasteiger partial charge in [-0.15, -0.1) is 0 Å². The summed E-state index contributed by atoms with van der Waals surface area (Å²) in [5.74, 6) is -2.39. The fourth-order valence-electron chi connectivity index (χ4n) is 1.25. The molecule has 0 fully saturated rings. The zero-order valence-electron chi connectivity index (χ0n) is 7.65. The quantitative estimate of drug-likeness (QED) is 0.812. The second-order valence-electron chi connectivity index (χ2n) is 2.87. The Morgan fingerprint density at radius 1 is 1.33 bits per heavy atom. The van der Waals surface area contributed by atoms with Crippen molar-refractivity contribution in [1.82, 2.24) is 9.97 Å². The predicted octanol–water partition coefficient (Wildman–Crippen LogP) is 3.39. The maximum Gasteiger partial charge on any atom is 0.288 e. The van der Waals surface area contributed by atoms with Crippen molar-refractivity contribution >= 4 is 11.8 Å². The van der Waals surface area contributed by atoms with Crippen molar-refractivity contribution in [2.75, 3.05) is 0 Å². The van der Waals surface area contributed by atoms with Crippen molar-refractivity contribution in [3.05, 3.63) is 36.8 Å². The third kappa shape index (κ3) is 2.56. The van der Waals surface area contributed by atoms with Crippen molar-refractivity contribution < 1.29 is 8.78 Å². The van der Waals surface area contributed by atoms with Crippen LogP contribution in [0.2, 0.25) is 0 Å². The Morgan fingerprint density at radius 2 is 2.20 bits per heavy atom. The summed E-state index contributed by atoms with van der Waals surface area (Å²) in [7, 11) is 0. The van der Waals surface area contributed by atoms with Crippen molar-refractivity contribution in [1.29, 1.82) is 0 Å². The Balaban J connectivity index is 2.27. The second-order valence-corrected chi connectivity index (χ2v) is 3.94. The Kier molecular flexibility index (Phi) is 3.01. The van der Waals surface area contributed by atoms with Gasteiger partial charge in [-0.3, -0.25) is 0 Å². The third-order valence-electron chi connectivity index (χ3n) is 1.87. The van der Waals surface area contributed by atoms with Gasteiger partial charge in [-0.2, -0.15) is 8.78 Å². The van der Waals surface area contributed by atoms with E-state index in [0.29, 0.717) is 16.7 Å². The molecule has 1 aromatic carbocycles. The van der Waals surface area contributed by atoms with E-state index < -0.39 is 5.76 Å². The molecular formula is C10H8F2N2S. The minimum Gasteiger partial charge on any atom is -0.345 e. The molecule has 0 radical (unpaired) electrons. The largest absolute Gasteiger partial charge is 0.345 e. The van der Waals surface area contributed by atoms with E-state index in [4.69, 9.17) is 0 Å². The minimum atomic E-state index is -2.39. The van der Waals surface area contributed by atoms with Gasteiger partial charge in [-0.1, -0.05) is 23.9 Å². The molecule has 0 spiro atoms. The fraction of sp³-hybridized carbons (Fsp3) is 0.100. The van der Waals surface area contributed by atoms with Crippen LogP contribution in [0.3, 0.4) is 0 Å². The normalized spacial score (nSPS) is 10.9. The number of benzene rings is 1. The Morgan fingerprint density at radius 3 is 2.87 bits per heavy atom. The summed E-state index contributed by atoms with van der Waals surface area (Å²) < 4.78 is 24.3. The average Bonchev–Trinajstić information content (AvgIpc) is 2.69. The Labute approximate surface area is 89.7 Å². The SMILES string of the molecule is FC(F)Sc1cccc(-c2cnc[nH]2)c1. The lowest BCUT2D eigenvalue weighted by Gasteiger charge is -2.02. The lowest BCUT2D eigenvalue weighted by atomic mass is 10.2. The molecule has 15 heavy (non-hydrogen) atoms. The number of halogens is 2. The molecule has 1 N–H and O–H groups in total. The number of aromatic nitrogens is 2. The van der Waals surface area contributed by atoms with Gasteiger partial charge >= 0.3 is 0 Å². The van der Waals surface area contributed by atoms with Gasteiger partial charge in [0.15, 0.2) is 0 Å². The molecular weight excluding hydrogens is 218 g/mol. The van der Waals surface area contributed by atoms with Crippen LogP contribution < -0.4 is 0 Å². The molecule has 0 saturated carbocycles. The maximum atomic E-state index is 12.1. The first-order valence-corrected chi connectivity index (χ1v) is 5.17. The molecule has 0 aliphatic rings. The highest BCUT2D eigenvalue weighted by molar-refractivity contribution is 7.99. The van der Waals surface area contributed by atoms with Gasteiger partial charge in [0.25, 0.3) is 5.76 Å². The van der Waals surface area contributed by atoms with E-state index in [9.17, 15) is 8.78 Å². The molecule has 0 unspecified atom stereocenters. The first-order chi connectivity index (χ1) is 7.25. The molecule has 2 rings (SSSR count). The molecule has 0 bridgehead atoms. The first kappa shape index (κ1) is 10.2. The predicted molar refractivity (Wildman–Crippen MR) is 55.9 cm³/mol. The van der Waals surface area contributed by atoms with Crippen LogP contribution in [0.25, 0.3) is 11.3 Å². The molecule has 5 heteroatoms. The smallest absolute Gasteiger partial charge is 0.288 e. The molecule has 78 valence electrons. The first-order valence-electron chi connectivity index (χ1n) is 4.29. The molecule has 0 atom stereocenters. The van der Waals surface area contributed by atoms with Gasteiger partial charge in [0.2, 0.25) is 0 Å². The molecule has 0 amide bonds. The number of alkyl halides is 2. The van der Waals surface area contributed by atoms with E-state index in [0.717, 1.165) is 11.3 Å². The molecule has 0 aliphatic carbocycles. The van der Waals surface area contributed by atoms with Crippen molar-refractivity contribution in [3.8, 4) is 11.3 Å². The van der Waals surface area contributed by atoms with Gasteiger partial charge in [0, 0.05) is 10.5 Å². The monoisotopic (exact) mass is 226 g/mol. The van der Waals surface area contributed by atoms with Crippen LogP contribution in [-0.2, 0) is 0 Å². The highest BCUT2D eigenvalue weighted by Crippen LogP contribution is 2.28. The Hall–Kier alpha value is -1.36. The van der Waals surface area contributed by atoms with Crippen LogP contribution in [0.5, 0.6) is 0 Å². The van der Waals surface area contributed by atoms with E-state index >= 15 is 0 Å². The van der Waals surface area contributed by atoms with E-state index in [1.54, 1.807) is 30.7 Å². The summed E-state index contributed by atoms with van der Waals surface area (Å²) in [6.07, 6.45) is 3.22. The van der Waals surface area contributed by atoms with Gasteiger partial charge < -0.3 is 4.98 Å². The molecule has 2 aromatic rings. The number of H-pyrrole nitrogens is 1. The summed E-state index contributed by atoms with van der Waals surface area (Å²) in [6.45, 7) is 0. The van der Waals surface area contributed by atoms with E-state index in [1.807, 2.05) is 6.07 Å². The highest BCUT2D eigenvalue weighted by Gasteiger charge is 2.06. The van der Waals surface area contributed by atoms with Crippen molar-refractivity contribution in [2.24, 2.45) is 0 Å². The second kappa shape index (κ2) is 4.44. The van der Waals surface area contributed by atoms with Gasteiger partial charge in [-0.25, -0.2) is 4.98 Å². The minimum absolute atomic E-state index is 0.542. The van der Waals surface area contributed by atoms with Crippen LogP contribution in [-0.4, -0.2) is 15.7 Å². The summed E-state index contributed by atoms with van der Waals surface area (Å²) in [5, 5.41) is 0. The van der Waals surface area contributed by atoms with Crippen LogP contribution >= 0.6 is 11.8 Å². The van der Waals surface area contributed by atoms with Gasteiger partial charge in [0.1, 0.15) is 0 Å². The number of aromatic amines is 1. The lowest BCUT2D eigenvalue weighted by Crippen LogP contribution is -1.83. The average molecular weight is 226 g/mol.